The minimum atomic E-state index is -3.67. The summed E-state index contributed by atoms with van der Waals surface area (Å²) in [6.07, 6.45) is 2.12. The van der Waals surface area contributed by atoms with Crippen molar-refractivity contribution < 1.29 is 23.1 Å². The first-order valence-corrected chi connectivity index (χ1v) is 7.35. The molecule has 0 aliphatic carbocycles. The van der Waals surface area contributed by atoms with Gasteiger partial charge in [0.05, 0.1) is 6.61 Å². The SMILES string of the molecule is Cn1cc(S(=O)(=O)NCC2CCOC2)cc1C(=O)O. The van der Waals surface area contributed by atoms with Crippen molar-refractivity contribution in [1.82, 2.24) is 9.29 Å². The zero-order valence-electron chi connectivity index (χ0n) is 10.5. The molecule has 1 aromatic rings. The van der Waals surface area contributed by atoms with Crippen molar-refractivity contribution in [3.8, 4) is 0 Å². The molecule has 19 heavy (non-hydrogen) atoms. The summed E-state index contributed by atoms with van der Waals surface area (Å²) in [6, 6.07) is 1.15. The van der Waals surface area contributed by atoms with Gasteiger partial charge in [-0.05, 0) is 18.4 Å². The number of nitrogens with zero attached hydrogens (tertiary/aromatic N) is 1. The van der Waals surface area contributed by atoms with Crippen molar-refractivity contribution >= 4 is 16.0 Å². The highest BCUT2D eigenvalue weighted by Crippen LogP contribution is 2.15. The summed E-state index contributed by atoms with van der Waals surface area (Å²) in [5, 5.41) is 8.89. The Morgan fingerprint density at radius 1 is 1.63 bits per heavy atom. The molecule has 0 bridgehead atoms. The van der Waals surface area contributed by atoms with Gasteiger partial charge < -0.3 is 14.4 Å². The second-order valence-corrected chi connectivity index (χ2v) is 6.33. The maximum absolute atomic E-state index is 12.0. The van der Waals surface area contributed by atoms with E-state index in [1.165, 1.54) is 17.8 Å². The molecule has 0 aromatic carbocycles. The van der Waals surface area contributed by atoms with Crippen LogP contribution in [0, 0.1) is 5.92 Å². The first-order chi connectivity index (χ1) is 8.90. The summed E-state index contributed by atoms with van der Waals surface area (Å²) in [5.41, 5.74) is -0.0652. The predicted molar refractivity (Wildman–Crippen MR) is 66.5 cm³/mol. The molecule has 1 aliphatic heterocycles. The fourth-order valence-electron chi connectivity index (χ4n) is 1.95. The number of carboxylic acid groups (broad SMARTS) is 1. The van der Waals surface area contributed by atoms with Crippen molar-refractivity contribution in [2.75, 3.05) is 19.8 Å². The fraction of sp³-hybridized carbons (Fsp3) is 0.545. The lowest BCUT2D eigenvalue weighted by Gasteiger charge is -2.08. The van der Waals surface area contributed by atoms with Gasteiger partial charge in [0, 0.05) is 26.4 Å². The van der Waals surface area contributed by atoms with Crippen LogP contribution in [0.25, 0.3) is 0 Å². The van der Waals surface area contributed by atoms with Gasteiger partial charge >= 0.3 is 5.97 Å². The maximum Gasteiger partial charge on any atom is 0.352 e. The molecule has 2 heterocycles. The number of hydrogen-bond acceptors (Lipinski definition) is 4. The van der Waals surface area contributed by atoms with E-state index in [2.05, 4.69) is 4.72 Å². The average molecular weight is 288 g/mol. The minimum absolute atomic E-state index is 0.0358. The van der Waals surface area contributed by atoms with Gasteiger partial charge in [-0.15, -0.1) is 0 Å². The van der Waals surface area contributed by atoms with E-state index in [0.29, 0.717) is 19.8 Å². The number of hydrogen-bond donors (Lipinski definition) is 2. The first kappa shape index (κ1) is 14.0. The van der Waals surface area contributed by atoms with Crippen LogP contribution < -0.4 is 4.72 Å². The van der Waals surface area contributed by atoms with E-state index in [-0.39, 0.29) is 16.5 Å². The van der Waals surface area contributed by atoms with Crippen molar-refractivity contribution in [2.45, 2.75) is 11.3 Å². The van der Waals surface area contributed by atoms with Gasteiger partial charge in [-0.25, -0.2) is 17.9 Å². The van der Waals surface area contributed by atoms with Crippen molar-refractivity contribution in [3.05, 3.63) is 18.0 Å². The lowest BCUT2D eigenvalue weighted by atomic mass is 10.1. The van der Waals surface area contributed by atoms with Crippen LogP contribution in [-0.2, 0) is 21.8 Å². The van der Waals surface area contributed by atoms with E-state index in [0.717, 1.165) is 12.5 Å². The van der Waals surface area contributed by atoms with Crippen LogP contribution in [0.15, 0.2) is 17.2 Å². The molecule has 1 unspecified atom stereocenters. The van der Waals surface area contributed by atoms with Crippen LogP contribution in [0.5, 0.6) is 0 Å². The summed E-state index contributed by atoms with van der Waals surface area (Å²) >= 11 is 0. The third-order valence-electron chi connectivity index (χ3n) is 3.10. The van der Waals surface area contributed by atoms with Gasteiger partial charge in [-0.1, -0.05) is 0 Å². The molecule has 2 rings (SSSR count). The Morgan fingerprint density at radius 3 is 2.89 bits per heavy atom. The molecule has 8 heteroatoms. The minimum Gasteiger partial charge on any atom is -0.477 e. The predicted octanol–water partition coefficient (Wildman–Crippen LogP) is 0.0381. The Morgan fingerprint density at radius 2 is 2.37 bits per heavy atom. The number of aryl methyl sites for hydroxylation is 1. The zero-order chi connectivity index (χ0) is 14.0. The van der Waals surface area contributed by atoms with Crippen LogP contribution in [0.2, 0.25) is 0 Å². The molecule has 7 nitrogen and oxygen atoms in total. The summed E-state index contributed by atoms with van der Waals surface area (Å²) < 4.78 is 33.0. The second kappa shape index (κ2) is 5.32. The lowest BCUT2D eigenvalue weighted by Crippen LogP contribution is -2.29. The van der Waals surface area contributed by atoms with E-state index in [1.807, 2.05) is 0 Å². The molecule has 2 N–H and O–H groups in total. The summed E-state index contributed by atoms with van der Waals surface area (Å²) in [7, 11) is -2.18. The molecule has 1 fully saturated rings. The Bertz CT molecular complexity index is 572. The molecule has 1 aromatic heterocycles. The first-order valence-electron chi connectivity index (χ1n) is 5.87. The highest BCUT2D eigenvalue weighted by molar-refractivity contribution is 7.89. The number of rotatable bonds is 5. The van der Waals surface area contributed by atoms with Crippen molar-refractivity contribution in [1.29, 1.82) is 0 Å². The summed E-state index contributed by atoms with van der Waals surface area (Å²) in [6.45, 7) is 1.51. The Kier molecular flexibility index (Phi) is 3.93. The monoisotopic (exact) mass is 288 g/mol. The van der Waals surface area contributed by atoms with E-state index < -0.39 is 16.0 Å². The third-order valence-corrected chi connectivity index (χ3v) is 4.49. The topological polar surface area (TPSA) is 97.6 Å². The number of carbonyl (C=O) groups is 1. The van der Waals surface area contributed by atoms with Gasteiger partial charge in [0.25, 0.3) is 0 Å². The normalized spacial score (nSPS) is 19.7. The molecule has 0 radical (unpaired) electrons. The number of sulfonamides is 1. The van der Waals surface area contributed by atoms with Gasteiger partial charge in [0.1, 0.15) is 10.6 Å². The molecular weight excluding hydrogens is 272 g/mol. The van der Waals surface area contributed by atoms with Crippen LogP contribution in [-0.4, -0.2) is 43.8 Å². The van der Waals surface area contributed by atoms with Gasteiger partial charge in [0.2, 0.25) is 10.0 Å². The maximum atomic E-state index is 12.0. The zero-order valence-corrected chi connectivity index (χ0v) is 11.3. The molecule has 106 valence electrons. The van der Waals surface area contributed by atoms with Crippen molar-refractivity contribution in [3.63, 3.8) is 0 Å². The fourth-order valence-corrected chi connectivity index (χ4v) is 3.13. The molecule has 1 atom stereocenters. The largest absolute Gasteiger partial charge is 0.477 e. The lowest BCUT2D eigenvalue weighted by molar-refractivity contribution is 0.0686. The van der Waals surface area contributed by atoms with E-state index in [4.69, 9.17) is 9.84 Å². The van der Waals surface area contributed by atoms with Gasteiger partial charge in [-0.3, -0.25) is 0 Å². The smallest absolute Gasteiger partial charge is 0.352 e. The number of aromatic carboxylic acids is 1. The van der Waals surface area contributed by atoms with Crippen LogP contribution >= 0.6 is 0 Å². The van der Waals surface area contributed by atoms with Crippen LogP contribution in [0.4, 0.5) is 0 Å². The molecule has 0 amide bonds. The molecule has 1 saturated heterocycles. The standard InChI is InChI=1S/C11H16N2O5S/c1-13-6-9(4-10(13)11(14)15)19(16,17)12-5-8-2-3-18-7-8/h4,6,8,12H,2-3,5,7H2,1H3,(H,14,15). The average Bonchev–Trinajstić information content (AvgIpc) is 2.95. The number of nitrogens with one attached hydrogen (secondary N) is 1. The summed E-state index contributed by atoms with van der Waals surface area (Å²) in [4.78, 5) is 10.8. The second-order valence-electron chi connectivity index (χ2n) is 4.56. The quantitative estimate of drug-likeness (QED) is 0.797. The third kappa shape index (κ3) is 3.14. The Hall–Kier alpha value is -1.38. The van der Waals surface area contributed by atoms with E-state index >= 15 is 0 Å². The molecule has 0 saturated carbocycles. The highest BCUT2D eigenvalue weighted by atomic mass is 32.2. The van der Waals surface area contributed by atoms with Gasteiger partial charge in [0.15, 0.2) is 0 Å². The number of ether oxygens (including phenoxy) is 1. The Labute approximate surface area is 111 Å². The number of aromatic nitrogens is 1. The Balaban J connectivity index is 2.10. The van der Waals surface area contributed by atoms with Gasteiger partial charge in [-0.2, -0.15) is 0 Å². The van der Waals surface area contributed by atoms with E-state index in [1.54, 1.807) is 0 Å². The summed E-state index contributed by atoms with van der Waals surface area (Å²) in [5.74, 6) is -0.981. The van der Waals surface area contributed by atoms with Crippen molar-refractivity contribution in [2.24, 2.45) is 13.0 Å². The molecular formula is C11H16N2O5S. The highest BCUT2D eigenvalue weighted by Gasteiger charge is 2.23. The molecule has 1 aliphatic rings. The van der Waals surface area contributed by atoms with E-state index in [9.17, 15) is 13.2 Å². The molecule has 0 spiro atoms. The number of carboxylic acids is 1. The van der Waals surface area contributed by atoms with Crippen LogP contribution in [0.1, 0.15) is 16.9 Å². The van der Waals surface area contributed by atoms with Crippen LogP contribution in [0.3, 0.4) is 0 Å².